The van der Waals surface area contributed by atoms with Crippen LogP contribution in [0.3, 0.4) is 0 Å². The topological polar surface area (TPSA) is 12.0 Å². The Labute approximate surface area is 99.0 Å². The maximum absolute atomic E-state index is 12.5. The fraction of sp³-hybridized carbons (Fsp3) is 0.538. The maximum Gasteiger partial charge on any atom is 0.416 e. The average Bonchev–Trinajstić information content (AvgIpc) is 2.29. The highest BCUT2D eigenvalue weighted by Crippen LogP contribution is 2.30. The van der Waals surface area contributed by atoms with Crippen LogP contribution in [0.5, 0.6) is 0 Å². The molecule has 1 nitrogen and oxygen atoms in total. The lowest BCUT2D eigenvalue weighted by molar-refractivity contribution is -0.137. The molecule has 0 aromatic heterocycles. The van der Waals surface area contributed by atoms with Gasteiger partial charge in [-0.1, -0.05) is 18.2 Å². The monoisotopic (exact) mass is 243 g/mol. The molecular formula is C13H16F3N. The summed E-state index contributed by atoms with van der Waals surface area (Å²) in [5.74, 6) is 0.465. The standard InChI is InChI=1S/C13H16F3N/c14-13(15,16)12-5-1-3-10(8-12)7-11-4-2-6-17-9-11/h1,3,5,8,11,17H,2,4,6-7,9H2/t11-/m1/s1. The number of hydrogen-bond donors (Lipinski definition) is 1. The van der Waals surface area contributed by atoms with E-state index in [0.29, 0.717) is 5.92 Å². The van der Waals surface area contributed by atoms with Gasteiger partial charge >= 0.3 is 6.18 Å². The summed E-state index contributed by atoms with van der Waals surface area (Å²) in [4.78, 5) is 0. The van der Waals surface area contributed by atoms with Gasteiger partial charge in [0.05, 0.1) is 5.56 Å². The predicted octanol–water partition coefficient (Wildman–Crippen LogP) is 3.25. The van der Waals surface area contributed by atoms with Crippen molar-refractivity contribution in [3.63, 3.8) is 0 Å². The Morgan fingerprint density at radius 2 is 2.12 bits per heavy atom. The van der Waals surface area contributed by atoms with Gasteiger partial charge in [0, 0.05) is 0 Å². The van der Waals surface area contributed by atoms with Crippen molar-refractivity contribution in [2.45, 2.75) is 25.4 Å². The maximum atomic E-state index is 12.5. The molecule has 1 saturated heterocycles. The molecule has 1 heterocycles. The predicted molar refractivity (Wildman–Crippen MR) is 60.7 cm³/mol. The number of halogens is 3. The van der Waals surface area contributed by atoms with Crippen molar-refractivity contribution in [2.24, 2.45) is 5.92 Å². The highest BCUT2D eigenvalue weighted by atomic mass is 19.4. The molecule has 1 atom stereocenters. The van der Waals surface area contributed by atoms with Crippen LogP contribution in [0, 0.1) is 5.92 Å². The molecule has 94 valence electrons. The van der Waals surface area contributed by atoms with Gasteiger partial charge in [-0.05, 0) is 49.9 Å². The first-order valence-corrected chi connectivity index (χ1v) is 5.92. The highest BCUT2D eigenvalue weighted by molar-refractivity contribution is 5.26. The zero-order chi connectivity index (χ0) is 12.3. The van der Waals surface area contributed by atoms with Gasteiger partial charge in [-0.2, -0.15) is 13.2 Å². The van der Waals surface area contributed by atoms with Gasteiger partial charge in [-0.25, -0.2) is 0 Å². The Morgan fingerprint density at radius 1 is 1.29 bits per heavy atom. The Bertz CT molecular complexity index is 367. The zero-order valence-corrected chi connectivity index (χ0v) is 9.56. The van der Waals surface area contributed by atoms with Crippen LogP contribution in [0.2, 0.25) is 0 Å². The molecule has 4 heteroatoms. The van der Waals surface area contributed by atoms with Crippen molar-refractivity contribution in [2.75, 3.05) is 13.1 Å². The van der Waals surface area contributed by atoms with Crippen molar-refractivity contribution in [3.05, 3.63) is 35.4 Å². The van der Waals surface area contributed by atoms with E-state index in [4.69, 9.17) is 0 Å². The van der Waals surface area contributed by atoms with E-state index in [1.165, 1.54) is 12.1 Å². The molecule has 0 unspecified atom stereocenters. The van der Waals surface area contributed by atoms with E-state index >= 15 is 0 Å². The van der Waals surface area contributed by atoms with Crippen molar-refractivity contribution < 1.29 is 13.2 Å². The lowest BCUT2D eigenvalue weighted by Gasteiger charge is -2.23. The molecule has 1 aromatic rings. The third-order valence-electron chi connectivity index (χ3n) is 3.18. The minimum absolute atomic E-state index is 0.465. The highest BCUT2D eigenvalue weighted by Gasteiger charge is 2.30. The summed E-state index contributed by atoms with van der Waals surface area (Å²) in [6.07, 6.45) is -1.29. The van der Waals surface area contributed by atoms with Crippen LogP contribution in [0.15, 0.2) is 24.3 Å². The molecule has 0 saturated carbocycles. The molecule has 1 fully saturated rings. The van der Waals surface area contributed by atoms with Gasteiger partial charge in [-0.15, -0.1) is 0 Å². The largest absolute Gasteiger partial charge is 0.416 e. The van der Waals surface area contributed by atoms with E-state index in [2.05, 4.69) is 5.32 Å². The Kier molecular flexibility index (Phi) is 3.72. The second kappa shape index (κ2) is 5.08. The van der Waals surface area contributed by atoms with Gasteiger partial charge in [0.2, 0.25) is 0 Å². The minimum atomic E-state index is -4.24. The van der Waals surface area contributed by atoms with Crippen LogP contribution in [-0.2, 0) is 12.6 Å². The quantitative estimate of drug-likeness (QED) is 0.840. The lowest BCUT2D eigenvalue weighted by Crippen LogP contribution is -2.30. The lowest BCUT2D eigenvalue weighted by atomic mass is 9.92. The Hall–Kier alpha value is -1.03. The fourth-order valence-corrected chi connectivity index (χ4v) is 2.31. The van der Waals surface area contributed by atoms with Crippen LogP contribution in [0.1, 0.15) is 24.0 Å². The summed E-state index contributed by atoms with van der Waals surface area (Å²) in [5, 5.41) is 3.28. The van der Waals surface area contributed by atoms with E-state index in [0.717, 1.165) is 44.0 Å². The van der Waals surface area contributed by atoms with Crippen molar-refractivity contribution in [1.29, 1.82) is 0 Å². The Balaban J connectivity index is 2.05. The molecule has 1 aliphatic rings. The third kappa shape index (κ3) is 3.46. The van der Waals surface area contributed by atoms with Crippen molar-refractivity contribution in [1.82, 2.24) is 5.32 Å². The average molecular weight is 243 g/mol. The second-order valence-electron chi connectivity index (χ2n) is 4.61. The normalized spacial score (nSPS) is 21.5. The van der Waals surface area contributed by atoms with E-state index in [1.54, 1.807) is 6.07 Å². The molecule has 0 amide bonds. The SMILES string of the molecule is FC(F)(F)c1cccc(C[C@H]2CCCNC2)c1. The van der Waals surface area contributed by atoms with Crippen molar-refractivity contribution >= 4 is 0 Å². The van der Waals surface area contributed by atoms with Gasteiger partial charge in [0.15, 0.2) is 0 Å². The number of benzene rings is 1. The first kappa shape index (κ1) is 12.4. The summed E-state index contributed by atoms with van der Waals surface area (Å²) in [6, 6.07) is 5.68. The van der Waals surface area contributed by atoms with Crippen LogP contribution in [-0.4, -0.2) is 13.1 Å². The number of piperidine rings is 1. The molecule has 17 heavy (non-hydrogen) atoms. The van der Waals surface area contributed by atoms with Gasteiger partial charge in [0.1, 0.15) is 0 Å². The van der Waals surface area contributed by atoms with E-state index in [-0.39, 0.29) is 0 Å². The molecule has 0 aliphatic carbocycles. The second-order valence-corrected chi connectivity index (χ2v) is 4.61. The van der Waals surface area contributed by atoms with Crippen LogP contribution in [0.25, 0.3) is 0 Å². The first-order chi connectivity index (χ1) is 8.05. The Morgan fingerprint density at radius 3 is 2.76 bits per heavy atom. The molecule has 2 rings (SSSR count). The third-order valence-corrected chi connectivity index (χ3v) is 3.18. The fourth-order valence-electron chi connectivity index (χ4n) is 2.31. The summed E-state index contributed by atoms with van der Waals surface area (Å²) < 4.78 is 37.6. The number of hydrogen-bond acceptors (Lipinski definition) is 1. The molecular weight excluding hydrogens is 227 g/mol. The number of nitrogens with one attached hydrogen (secondary N) is 1. The summed E-state index contributed by atoms with van der Waals surface area (Å²) in [5.41, 5.74) is 0.243. The molecule has 0 spiro atoms. The number of rotatable bonds is 2. The van der Waals surface area contributed by atoms with Crippen LogP contribution < -0.4 is 5.32 Å². The summed E-state index contributed by atoms with van der Waals surface area (Å²) >= 11 is 0. The van der Waals surface area contributed by atoms with Gasteiger partial charge < -0.3 is 5.32 Å². The smallest absolute Gasteiger partial charge is 0.316 e. The molecule has 1 N–H and O–H groups in total. The van der Waals surface area contributed by atoms with Gasteiger partial charge in [-0.3, -0.25) is 0 Å². The molecule has 0 bridgehead atoms. The zero-order valence-electron chi connectivity index (χ0n) is 9.56. The van der Waals surface area contributed by atoms with E-state index < -0.39 is 11.7 Å². The molecule has 0 radical (unpaired) electrons. The summed E-state index contributed by atoms with van der Waals surface area (Å²) in [7, 11) is 0. The molecule has 1 aromatic carbocycles. The van der Waals surface area contributed by atoms with E-state index in [9.17, 15) is 13.2 Å². The van der Waals surface area contributed by atoms with Gasteiger partial charge in [0.25, 0.3) is 0 Å². The van der Waals surface area contributed by atoms with Crippen molar-refractivity contribution in [3.8, 4) is 0 Å². The minimum Gasteiger partial charge on any atom is -0.316 e. The summed E-state index contributed by atoms with van der Waals surface area (Å²) in [6.45, 7) is 1.94. The van der Waals surface area contributed by atoms with Crippen LogP contribution >= 0.6 is 0 Å². The van der Waals surface area contributed by atoms with Crippen LogP contribution in [0.4, 0.5) is 13.2 Å². The first-order valence-electron chi connectivity index (χ1n) is 5.92. The van der Waals surface area contributed by atoms with E-state index in [1.807, 2.05) is 0 Å². The number of alkyl halides is 3. The molecule has 1 aliphatic heterocycles.